The number of amides is 1. The van der Waals surface area contributed by atoms with E-state index in [1.807, 2.05) is 19.1 Å². The molecule has 1 amide bonds. The zero-order valence-electron chi connectivity index (χ0n) is 18.0. The topological polar surface area (TPSA) is 99.2 Å². The van der Waals surface area contributed by atoms with Crippen LogP contribution in [0.25, 0.3) is 22.6 Å². The van der Waals surface area contributed by atoms with Gasteiger partial charge in [-0.3, -0.25) is 4.79 Å². The van der Waals surface area contributed by atoms with Crippen molar-refractivity contribution in [3.8, 4) is 11.6 Å². The number of anilines is 1. The molecule has 4 rings (SSSR count). The monoisotopic (exact) mass is 484 g/mol. The molecule has 33 heavy (non-hydrogen) atoms. The Bertz CT molecular complexity index is 1320. The molecule has 0 spiro atoms. The number of nitrogens with zero attached hydrogens (tertiary/aromatic N) is 3. The third-order valence-corrected chi connectivity index (χ3v) is 5.94. The summed E-state index contributed by atoms with van der Waals surface area (Å²) in [5.74, 6) is 0.573. The number of thioether (sulfide) groups is 1. The Balaban J connectivity index is 1.39. The zero-order chi connectivity index (χ0) is 23.4. The second kappa shape index (κ2) is 10.1. The minimum Gasteiger partial charge on any atom is -0.462 e. The summed E-state index contributed by atoms with van der Waals surface area (Å²) in [5.41, 5.74) is 1.61. The quantitative estimate of drug-likeness (QED) is 0.271. The summed E-state index contributed by atoms with van der Waals surface area (Å²) >= 11 is 7.29. The predicted molar refractivity (Wildman–Crippen MR) is 128 cm³/mol. The summed E-state index contributed by atoms with van der Waals surface area (Å²) in [5, 5.41) is 13.2. The van der Waals surface area contributed by atoms with Crippen LogP contribution < -0.4 is 5.32 Å². The van der Waals surface area contributed by atoms with Gasteiger partial charge in [-0.05, 0) is 48.9 Å². The van der Waals surface area contributed by atoms with E-state index >= 15 is 0 Å². The Morgan fingerprint density at radius 3 is 2.85 bits per heavy atom. The molecular formula is C23H21ClN4O4S. The third kappa shape index (κ3) is 5.37. The van der Waals surface area contributed by atoms with Crippen molar-refractivity contribution in [2.24, 2.45) is 7.05 Å². The van der Waals surface area contributed by atoms with E-state index in [0.29, 0.717) is 45.2 Å². The second-order valence-electron chi connectivity index (χ2n) is 7.21. The van der Waals surface area contributed by atoms with Crippen molar-refractivity contribution in [3.05, 3.63) is 59.1 Å². The Labute approximate surface area is 199 Å². The van der Waals surface area contributed by atoms with Gasteiger partial charge in [-0.15, -0.1) is 10.2 Å². The minimum absolute atomic E-state index is 0.117. The molecule has 0 aliphatic rings. The lowest BCUT2D eigenvalue weighted by Gasteiger charge is -2.07. The molecule has 0 atom stereocenters. The first-order valence-corrected chi connectivity index (χ1v) is 11.6. The third-order valence-electron chi connectivity index (χ3n) is 4.69. The SMILES string of the molecule is CCCOC(=O)c1cccc(NC(=O)CSc2nnc(-c3cc4cc(Cl)ccc4o3)n2C)c1. The second-order valence-corrected chi connectivity index (χ2v) is 8.59. The van der Waals surface area contributed by atoms with Crippen LogP contribution in [0, 0.1) is 0 Å². The molecule has 0 fully saturated rings. The number of halogens is 1. The lowest BCUT2D eigenvalue weighted by molar-refractivity contribution is -0.113. The number of rotatable bonds is 8. The smallest absolute Gasteiger partial charge is 0.338 e. The highest BCUT2D eigenvalue weighted by Gasteiger charge is 2.17. The molecule has 4 aromatic rings. The van der Waals surface area contributed by atoms with Gasteiger partial charge in [-0.1, -0.05) is 36.4 Å². The maximum absolute atomic E-state index is 12.4. The maximum atomic E-state index is 12.4. The molecular weight excluding hydrogens is 464 g/mol. The van der Waals surface area contributed by atoms with Crippen LogP contribution >= 0.6 is 23.4 Å². The summed E-state index contributed by atoms with van der Waals surface area (Å²) in [4.78, 5) is 24.5. The number of fused-ring (bicyclic) bond motifs is 1. The van der Waals surface area contributed by atoms with E-state index < -0.39 is 5.97 Å². The van der Waals surface area contributed by atoms with Gasteiger partial charge in [0.2, 0.25) is 5.91 Å². The molecule has 0 aliphatic heterocycles. The van der Waals surface area contributed by atoms with E-state index in [-0.39, 0.29) is 11.7 Å². The highest BCUT2D eigenvalue weighted by Crippen LogP contribution is 2.30. The maximum Gasteiger partial charge on any atom is 0.338 e. The largest absolute Gasteiger partial charge is 0.462 e. The fourth-order valence-corrected chi connectivity index (χ4v) is 4.00. The molecule has 0 saturated heterocycles. The summed E-state index contributed by atoms with van der Waals surface area (Å²) in [6, 6.07) is 13.9. The van der Waals surface area contributed by atoms with Crippen LogP contribution in [-0.4, -0.2) is 39.0 Å². The Morgan fingerprint density at radius 2 is 2.03 bits per heavy atom. The average Bonchev–Trinajstić information content (AvgIpc) is 3.38. The number of esters is 1. The number of hydrogen-bond acceptors (Lipinski definition) is 7. The fraction of sp³-hybridized carbons (Fsp3) is 0.217. The summed E-state index contributed by atoms with van der Waals surface area (Å²) < 4.78 is 12.8. The van der Waals surface area contributed by atoms with Crippen molar-refractivity contribution in [1.29, 1.82) is 0 Å². The lowest BCUT2D eigenvalue weighted by atomic mass is 10.2. The van der Waals surface area contributed by atoms with E-state index in [9.17, 15) is 9.59 Å². The molecule has 0 unspecified atom stereocenters. The number of aromatic nitrogens is 3. The van der Waals surface area contributed by atoms with Gasteiger partial charge >= 0.3 is 5.97 Å². The zero-order valence-corrected chi connectivity index (χ0v) is 19.6. The first-order chi connectivity index (χ1) is 15.9. The van der Waals surface area contributed by atoms with E-state index in [4.69, 9.17) is 20.8 Å². The van der Waals surface area contributed by atoms with Crippen molar-refractivity contribution in [1.82, 2.24) is 14.8 Å². The Kier molecular flexibility index (Phi) is 7.00. The van der Waals surface area contributed by atoms with Crippen molar-refractivity contribution in [2.75, 3.05) is 17.7 Å². The molecule has 2 aromatic carbocycles. The summed E-state index contributed by atoms with van der Waals surface area (Å²) in [6.45, 7) is 2.28. The molecule has 0 aliphatic carbocycles. The number of nitrogens with one attached hydrogen (secondary N) is 1. The number of carbonyl (C=O) groups excluding carboxylic acids is 2. The van der Waals surface area contributed by atoms with Crippen LogP contribution in [-0.2, 0) is 16.6 Å². The van der Waals surface area contributed by atoms with Crippen LogP contribution in [0.4, 0.5) is 5.69 Å². The minimum atomic E-state index is -0.415. The molecule has 170 valence electrons. The van der Waals surface area contributed by atoms with Gasteiger partial charge in [0, 0.05) is 23.1 Å². The van der Waals surface area contributed by atoms with Gasteiger partial charge in [-0.25, -0.2) is 4.79 Å². The lowest BCUT2D eigenvalue weighted by Crippen LogP contribution is -2.15. The number of hydrogen-bond donors (Lipinski definition) is 1. The molecule has 10 heteroatoms. The van der Waals surface area contributed by atoms with E-state index in [0.717, 1.165) is 11.8 Å². The first-order valence-electron chi connectivity index (χ1n) is 10.2. The number of carbonyl (C=O) groups is 2. The van der Waals surface area contributed by atoms with Crippen molar-refractivity contribution in [3.63, 3.8) is 0 Å². The fourth-order valence-electron chi connectivity index (χ4n) is 3.11. The molecule has 2 aromatic heterocycles. The molecule has 1 N–H and O–H groups in total. The van der Waals surface area contributed by atoms with E-state index in [1.54, 1.807) is 48.0 Å². The van der Waals surface area contributed by atoms with Crippen LogP contribution in [0.5, 0.6) is 0 Å². The van der Waals surface area contributed by atoms with Gasteiger partial charge in [0.05, 0.1) is 17.9 Å². The van der Waals surface area contributed by atoms with Crippen LogP contribution in [0.15, 0.2) is 58.1 Å². The van der Waals surface area contributed by atoms with E-state index in [2.05, 4.69) is 15.5 Å². The van der Waals surface area contributed by atoms with Gasteiger partial charge < -0.3 is 19.0 Å². The number of furan rings is 1. The number of benzene rings is 2. The van der Waals surface area contributed by atoms with Gasteiger partial charge in [0.25, 0.3) is 0 Å². The molecule has 0 bridgehead atoms. The van der Waals surface area contributed by atoms with Crippen molar-refractivity contribution in [2.45, 2.75) is 18.5 Å². The number of ether oxygens (including phenoxy) is 1. The van der Waals surface area contributed by atoms with Crippen molar-refractivity contribution < 1.29 is 18.7 Å². The first kappa shape index (κ1) is 22.9. The predicted octanol–water partition coefficient (Wildman–Crippen LogP) is 5.18. The average molecular weight is 485 g/mol. The highest BCUT2D eigenvalue weighted by atomic mass is 35.5. The molecule has 8 nitrogen and oxygen atoms in total. The Hall–Kier alpha value is -3.30. The molecule has 0 saturated carbocycles. The van der Waals surface area contributed by atoms with Crippen LogP contribution in [0.2, 0.25) is 5.02 Å². The van der Waals surface area contributed by atoms with Gasteiger partial charge in [0.1, 0.15) is 5.58 Å². The van der Waals surface area contributed by atoms with Gasteiger partial charge in [-0.2, -0.15) is 0 Å². The molecule has 0 radical (unpaired) electrons. The van der Waals surface area contributed by atoms with Gasteiger partial charge in [0.15, 0.2) is 16.7 Å². The normalized spacial score (nSPS) is 11.0. The highest BCUT2D eigenvalue weighted by molar-refractivity contribution is 7.99. The van der Waals surface area contributed by atoms with Crippen molar-refractivity contribution >= 4 is 51.9 Å². The summed E-state index contributed by atoms with van der Waals surface area (Å²) in [6.07, 6.45) is 0.744. The van der Waals surface area contributed by atoms with Crippen LogP contribution in [0.3, 0.4) is 0 Å². The molecule has 2 heterocycles. The standard InChI is InChI=1S/C23H21ClN4O4S/c1-3-9-31-22(30)14-5-4-6-17(11-14)25-20(29)13-33-23-27-26-21(28(23)2)19-12-15-10-16(24)7-8-18(15)32-19/h4-8,10-12H,3,9,13H2,1-2H3,(H,25,29). The van der Waals surface area contributed by atoms with Crippen LogP contribution in [0.1, 0.15) is 23.7 Å². The summed E-state index contributed by atoms with van der Waals surface area (Å²) in [7, 11) is 1.81. The Morgan fingerprint density at radius 1 is 1.18 bits per heavy atom. The van der Waals surface area contributed by atoms with E-state index in [1.165, 1.54) is 11.8 Å².